The largest absolute Gasteiger partial charge is 0.466 e. The summed E-state index contributed by atoms with van der Waals surface area (Å²) in [6.45, 7) is 3.96. The molecule has 1 aromatic heterocycles. The smallest absolute Gasteiger partial charge is 0.251 e. The number of hydrogen-bond acceptors (Lipinski definition) is 4. The van der Waals surface area contributed by atoms with Gasteiger partial charge in [-0.15, -0.1) is 0 Å². The third-order valence-electron chi connectivity index (χ3n) is 3.40. The average Bonchev–Trinajstić information content (AvgIpc) is 2.85. The van der Waals surface area contributed by atoms with Crippen LogP contribution in [-0.4, -0.2) is 17.6 Å². The van der Waals surface area contributed by atoms with Gasteiger partial charge in [0.05, 0.1) is 17.7 Å². The number of nitrogens with zero attached hydrogens (tertiary/aromatic N) is 1. The highest BCUT2D eigenvalue weighted by Crippen LogP contribution is 2.23. The maximum Gasteiger partial charge on any atom is 0.251 e. The number of benzene rings is 1. The lowest BCUT2D eigenvalue weighted by Crippen LogP contribution is -2.25. The van der Waals surface area contributed by atoms with Crippen LogP contribution in [0.4, 0.5) is 0 Å². The third kappa shape index (κ3) is 3.74. The predicted octanol–water partition coefficient (Wildman–Crippen LogP) is 2.62. The van der Waals surface area contributed by atoms with Gasteiger partial charge in [0.2, 0.25) is 0 Å². The normalized spacial score (nSPS) is 11.7. The van der Waals surface area contributed by atoms with Gasteiger partial charge in [-0.3, -0.25) is 4.79 Å². The van der Waals surface area contributed by atoms with Crippen molar-refractivity contribution >= 4 is 5.91 Å². The highest BCUT2D eigenvalue weighted by Gasteiger charge is 2.15. The quantitative estimate of drug-likeness (QED) is 0.888. The number of hydrogen-bond donors (Lipinski definition) is 2. The van der Waals surface area contributed by atoms with Gasteiger partial charge in [-0.25, -0.2) is 0 Å². The van der Waals surface area contributed by atoms with E-state index in [9.17, 15) is 9.90 Å². The molecule has 0 radical (unpaired) electrons. The Hall–Kier alpha value is -2.58. The lowest BCUT2D eigenvalue weighted by atomic mass is 10.1. The van der Waals surface area contributed by atoms with Gasteiger partial charge in [0.25, 0.3) is 5.91 Å². The monoisotopic (exact) mass is 298 g/mol. The van der Waals surface area contributed by atoms with E-state index >= 15 is 0 Å². The van der Waals surface area contributed by atoms with Crippen LogP contribution < -0.4 is 5.32 Å². The van der Waals surface area contributed by atoms with Gasteiger partial charge in [-0.2, -0.15) is 5.26 Å². The highest BCUT2D eigenvalue weighted by atomic mass is 16.3. The Morgan fingerprint density at radius 2 is 2.18 bits per heavy atom. The van der Waals surface area contributed by atoms with E-state index in [1.165, 1.54) is 6.07 Å². The van der Waals surface area contributed by atoms with E-state index in [0.717, 1.165) is 11.3 Å². The van der Waals surface area contributed by atoms with Crippen molar-refractivity contribution in [1.29, 1.82) is 5.26 Å². The molecule has 2 rings (SSSR count). The van der Waals surface area contributed by atoms with Crippen molar-refractivity contribution in [2.24, 2.45) is 0 Å². The van der Waals surface area contributed by atoms with Crippen LogP contribution in [0.2, 0.25) is 0 Å². The van der Waals surface area contributed by atoms with E-state index in [-0.39, 0.29) is 5.91 Å². The first-order chi connectivity index (χ1) is 10.5. The van der Waals surface area contributed by atoms with Crippen LogP contribution in [0.3, 0.4) is 0 Å². The molecule has 0 fully saturated rings. The van der Waals surface area contributed by atoms with Gasteiger partial charge >= 0.3 is 0 Å². The fraction of sp³-hybridized carbons (Fsp3) is 0.294. The zero-order valence-electron chi connectivity index (χ0n) is 12.6. The van der Waals surface area contributed by atoms with Gasteiger partial charge < -0.3 is 14.8 Å². The molecule has 0 spiro atoms. The molecule has 0 aliphatic carbocycles. The van der Waals surface area contributed by atoms with Crippen LogP contribution in [0.1, 0.15) is 45.5 Å². The molecule has 1 amide bonds. The van der Waals surface area contributed by atoms with Crippen LogP contribution in [-0.2, 0) is 0 Å². The number of aliphatic hydroxyl groups is 1. The van der Waals surface area contributed by atoms with E-state index in [2.05, 4.69) is 5.32 Å². The number of carbonyl (C=O) groups is 1. The zero-order valence-corrected chi connectivity index (χ0v) is 12.6. The Labute approximate surface area is 129 Å². The first kappa shape index (κ1) is 15.8. The highest BCUT2D eigenvalue weighted by molar-refractivity contribution is 5.94. The number of furan rings is 1. The van der Waals surface area contributed by atoms with Crippen LogP contribution >= 0.6 is 0 Å². The summed E-state index contributed by atoms with van der Waals surface area (Å²) in [4.78, 5) is 12.0. The standard InChI is InChI=1S/C17H18N2O3/c1-11-8-15(12(2)22-11)16(20)6-7-19-17(21)14-5-3-4-13(9-14)10-18/h3-5,8-9,16,20H,6-7H2,1-2H3,(H,19,21)/t16-/m1/s1. The second-order valence-electron chi connectivity index (χ2n) is 5.12. The molecule has 2 aromatic rings. The molecule has 1 heterocycles. The predicted molar refractivity (Wildman–Crippen MR) is 81.2 cm³/mol. The molecule has 1 atom stereocenters. The average molecular weight is 298 g/mol. The summed E-state index contributed by atoms with van der Waals surface area (Å²) in [6, 6.07) is 10.3. The second kappa shape index (κ2) is 6.92. The van der Waals surface area contributed by atoms with Crippen molar-refractivity contribution in [3.05, 3.63) is 58.5 Å². The first-order valence-corrected chi connectivity index (χ1v) is 7.04. The number of carbonyl (C=O) groups excluding carboxylic acids is 1. The molecule has 0 saturated heterocycles. The fourth-order valence-electron chi connectivity index (χ4n) is 2.29. The number of nitriles is 1. The summed E-state index contributed by atoms with van der Waals surface area (Å²) in [5, 5.41) is 21.7. The minimum Gasteiger partial charge on any atom is -0.466 e. The molecular formula is C17H18N2O3. The molecule has 5 heteroatoms. The Kier molecular flexibility index (Phi) is 4.97. The molecule has 0 aliphatic rings. The van der Waals surface area contributed by atoms with E-state index in [4.69, 9.17) is 9.68 Å². The van der Waals surface area contributed by atoms with E-state index < -0.39 is 6.10 Å². The molecule has 2 N–H and O–H groups in total. The van der Waals surface area contributed by atoms with E-state index in [0.29, 0.717) is 29.9 Å². The van der Waals surface area contributed by atoms with E-state index in [1.54, 1.807) is 31.2 Å². The summed E-state index contributed by atoms with van der Waals surface area (Å²) < 4.78 is 5.38. The molecule has 0 unspecified atom stereocenters. The number of nitrogens with one attached hydrogen (secondary N) is 1. The number of aliphatic hydroxyl groups excluding tert-OH is 1. The van der Waals surface area contributed by atoms with Gasteiger partial charge in [0.15, 0.2) is 0 Å². The number of aryl methyl sites for hydroxylation is 2. The molecule has 0 aliphatic heterocycles. The third-order valence-corrected chi connectivity index (χ3v) is 3.40. The number of rotatable bonds is 5. The minimum absolute atomic E-state index is 0.260. The van der Waals surface area contributed by atoms with Crippen molar-refractivity contribution in [2.45, 2.75) is 26.4 Å². The van der Waals surface area contributed by atoms with Crippen LogP contribution in [0, 0.1) is 25.2 Å². The topological polar surface area (TPSA) is 86.3 Å². The molecule has 0 bridgehead atoms. The Morgan fingerprint density at radius 3 is 2.82 bits per heavy atom. The van der Waals surface area contributed by atoms with Crippen LogP contribution in [0.25, 0.3) is 0 Å². The SMILES string of the molecule is Cc1cc([C@H](O)CCNC(=O)c2cccc(C#N)c2)c(C)o1. The minimum atomic E-state index is -0.678. The first-order valence-electron chi connectivity index (χ1n) is 7.04. The van der Waals surface area contributed by atoms with Crippen molar-refractivity contribution in [2.75, 3.05) is 6.54 Å². The lowest BCUT2D eigenvalue weighted by molar-refractivity contribution is 0.0942. The van der Waals surface area contributed by atoms with Gasteiger partial charge in [-0.05, 0) is 44.5 Å². The van der Waals surface area contributed by atoms with Crippen molar-refractivity contribution in [3.63, 3.8) is 0 Å². The van der Waals surface area contributed by atoms with Crippen molar-refractivity contribution < 1.29 is 14.3 Å². The fourth-order valence-corrected chi connectivity index (χ4v) is 2.29. The summed E-state index contributed by atoms with van der Waals surface area (Å²) >= 11 is 0. The van der Waals surface area contributed by atoms with Crippen LogP contribution in [0.15, 0.2) is 34.7 Å². The van der Waals surface area contributed by atoms with Crippen molar-refractivity contribution in [3.8, 4) is 6.07 Å². The molecule has 22 heavy (non-hydrogen) atoms. The van der Waals surface area contributed by atoms with Crippen molar-refractivity contribution in [1.82, 2.24) is 5.32 Å². The molecule has 1 aromatic carbocycles. The van der Waals surface area contributed by atoms with Gasteiger partial charge in [-0.1, -0.05) is 6.07 Å². The lowest BCUT2D eigenvalue weighted by Gasteiger charge is -2.10. The van der Waals surface area contributed by atoms with E-state index in [1.807, 2.05) is 13.0 Å². The second-order valence-corrected chi connectivity index (χ2v) is 5.12. The Bertz CT molecular complexity index is 713. The summed E-state index contributed by atoms with van der Waals surface area (Å²) in [5.41, 5.74) is 1.62. The maximum atomic E-state index is 12.0. The zero-order chi connectivity index (χ0) is 16.1. The summed E-state index contributed by atoms with van der Waals surface area (Å²) in [5.74, 6) is 1.19. The molecular weight excluding hydrogens is 280 g/mol. The maximum absolute atomic E-state index is 12.0. The van der Waals surface area contributed by atoms with Crippen LogP contribution in [0.5, 0.6) is 0 Å². The molecule has 5 nitrogen and oxygen atoms in total. The van der Waals surface area contributed by atoms with Gasteiger partial charge in [0.1, 0.15) is 11.5 Å². The van der Waals surface area contributed by atoms with Gasteiger partial charge in [0, 0.05) is 17.7 Å². The Morgan fingerprint density at radius 1 is 1.41 bits per heavy atom. The summed E-state index contributed by atoms with van der Waals surface area (Å²) in [7, 11) is 0. The molecule has 114 valence electrons. The molecule has 0 saturated carbocycles. The Balaban J connectivity index is 1.89. The summed E-state index contributed by atoms with van der Waals surface area (Å²) in [6.07, 6.45) is -0.285. The number of amides is 1.